The van der Waals surface area contributed by atoms with E-state index in [1.165, 1.54) is 11.0 Å². The number of carboxylic acids is 1. The van der Waals surface area contributed by atoms with Gasteiger partial charge in [-0.05, 0) is 18.1 Å². The first-order valence-electron chi connectivity index (χ1n) is 7.03. The van der Waals surface area contributed by atoms with Gasteiger partial charge in [0.15, 0.2) is 0 Å². The van der Waals surface area contributed by atoms with Crippen molar-refractivity contribution < 1.29 is 24.4 Å². The summed E-state index contributed by atoms with van der Waals surface area (Å²) in [4.78, 5) is 24.2. The van der Waals surface area contributed by atoms with Gasteiger partial charge in [-0.3, -0.25) is 4.79 Å². The van der Waals surface area contributed by atoms with Crippen molar-refractivity contribution in [1.29, 1.82) is 0 Å². The Morgan fingerprint density at radius 3 is 2.82 bits per heavy atom. The van der Waals surface area contributed by atoms with E-state index in [-0.39, 0.29) is 23.2 Å². The Balaban J connectivity index is 2.02. The Morgan fingerprint density at radius 1 is 1.45 bits per heavy atom. The summed E-state index contributed by atoms with van der Waals surface area (Å²) >= 11 is 0. The van der Waals surface area contributed by atoms with E-state index in [1.807, 2.05) is 0 Å². The van der Waals surface area contributed by atoms with E-state index in [1.54, 1.807) is 26.2 Å². The lowest BCUT2D eigenvalue weighted by molar-refractivity contribution is -0.128. The minimum Gasteiger partial charge on any atom is -0.534 e. The molecule has 0 aliphatic carbocycles. The first kappa shape index (κ1) is 16.3. The highest BCUT2D eigenvalue weighted by Crippen LogP contribution is 2.29. The second-order valence-corrected chi connectivity index (χ2v) is 5.41. The van der Waals surface area contributed by atoms with Crippen LogP contribution in [-0.4, -0.2) is 60.6 Å². The topological polar surface area (TPSA) is 99.1 Å². The second kappa shape index (κ2) is 6.80. The molecule has 0 bridgehead atoms. The average Bonchev–Trinajstić information content (AvgIpc) is 2.46. The Bertz CT molecular complexity index is 578. The number of benzene rings is 1. The van der Waals surface area contributed by atoms with Crippen LogP contribution in [0.15, 0.2) is 18.2 Å². The van der Waals surface area contributed by atoms with Gasteiger partial charge < -0.3 is 25.0 Å². The maximum Gasteiger partial charge on any atom is 0.541 e. The van der Waals surface area contributed by atoms with E-state index in [0.717, 1.165) is 5.56 Å². The lowest BCUT2D eigenvalue weighted by Crippen LogP contribution is -2.52. The van der Waals surface area contributed by atoms with Gasteiger partial charge in [-0.25, -0.2) is 4.79 Å². The number of nitrogens with one attached hydrogen (secondary N) is 1. The molecule has 0 spiro atoms. The van der Waals surface area contributed by atoms with Crippen molar-refractivity contribution in [3.8, 4) is 5.75 Å². The maximum absolute atomic E-state index is 11.5. The largest absolute Gasteiger partial charge is 0.541 e. The van der Waals surface area contributed by atoms with E-state index >= 15 is 0 Å². The molecule has 22 heavy (non-hydrogen) atoms. The fourth-order valence-electron chi connectivity index (χ4n) is 2.35. The molecule has 0 unspecified atom stereocenters. The summed E-state index contributed by atoms with van der Waals surface area (Å²) in [6.07, 6.45) is 0.756. The number of nitrogens with zero attached hydrogens (tertiary/aromatic N) is 1. The molecular formula is C14H19BN2O5. The van der Waals surface area contributed by atoms with Gasteiger partial charge in [0.2, 0.25) is 5.91 Å². The highest BCUT2D eigenvalue weighted by atomic mass is 16.5. The molecule has 1 aromatic rings. The van der Waals surface area contributed by atoms with Crippen LogP contribution in [0.3, 0.4) is 0 Å². The molecule has 2 rings (SSSR count). The first-order chi connectivity index (χ1) is 10.4. The van der Waals surface area contributed by atoms with Gasteiger partial charge >= 0.3 is 13.1 Å². The number of carbonyl (C=O) groups is 2. The quantitative estimate of drug-likeness (QED) is 0.650. The third kappa shape index (κ3) is 3.58. The number of aromatic carboxylic acids is 1. The molecule has 0 radical (unpaired) electrons. The number of hydrogen-bond donors (Lipinski definition) is 3. The molecule has 7 nitrogen and oxygen atoms in total. The van der Waals surface area contributed by atoms with Crippen molar-refractivity contribution in [2.45, 2.75) is 18.8 Å². The first-order valence-corrected chi connectivity index (χ1v) is 7.03. The van der Waals surface area contributed by atoms with Crippen molar-refractivity contribution in [2.24, 2.45) is 0 Å². The van der Waals surface area contributed by atoms with E-state index in [9.17, 15) is 14.6 Å². The summed E-state index contributed by atoms with van der Waals surface area (Å²) in [6, 6.07) is 4.86. The third-order valence-electron chi connectivity index (χ3n) is 3.59. The molecule has 0 saturated heterocycles. The standard InChI is InChI=1S/C14H19BN2O5/c1-17(2)12(18)6-7-16-11-8-9-4-3-5-10(14(19)20)13(9)22-15(11)21/h3-5,11,16,21H,6-8H2,1-2H3,(H,19,20)/t11-/m0/s1. The fourth-order valence-corrected chi connectivity index (χ4v) is 2.35. The third-order valence-corrected chi connectivity index (χ3v) is 3.59. The van der Waals surface area contributed by atoms with Crippen LogP contribution in [0.5, 0.6) is 5.75 Å². The van der Waals surface area contributed by atoms with Gasteiger partial charge in [-0.15, -0.1) is 0 Å². The van der Waals surface area contributed by atoms with Gasteiger partial charge in [-0.2, -0.15) is 0 Å². The van der Waals surface area contributed by atoms with E-state index in [4.69, 9.17) is 9.76 Å². The lowest BCUT2D eigenvalue weighted by Gasteiger charge is -2.29. The highest BCUT2D eigenvalue weighted by Gasteiger charge is 2.36. The van der Waals surface area contributed by atoms with Crippen LogP contribution < -0.4 is 9.97 Å². The molecule has 1 aromatic carbocycles. The van der Waals surface area contributed by atoms with Gasteiger partial charge in [0.25, 0.3) is 0 Å². The van der Waals surface area contributed by atoms with Crippen molar-refractivity contribution >= 4 is 19.0 Å². The zero-order valence-corrected chi connectivity index (χ0v) is 12.6. The number of hydrogen-bond acceptors (Lipinski definition) is 5. The van der Waals surface area contributed by atoms with Crippen molar-refractivity contribution in [3.63, 3.8) is 0 Å². The number of fused-ring (bicyclic) bond motifs is 1. The zero-order valence-electron chi connectivity index (χ0n) is 12.6. The maximum atomic E-state index is 11.5. The molecule has 3 N–H and O–H groups in total. The van der Waals surface area contributed by atoms with Crippen molar-refractivity contribution in [2.75, 3.05) is 20.6 Å². The average molecular weight is 306 g/mol. The summed E-state index contributed by atoms with van der Waals surface area (Å²) in [7, 11) is 2.22. The fraction of sp³-hybridized carbons (Fsp3) is 0.429. The van der Waals surface area contributed by atoms with Crippen LogP contribution in [0.25, 0.3) is 0 Å². The minimum absolute atomic E-state index is 0.00715. The predicted octanol–water partition coefficient (Wildman–Crippen LogP) is -0.224. The predicted molar refractivity (Wildman–Crippen MR) is 80.8 cm³/mol. The zero-order chi connectivity index (χ0) is 16.3. The lowest BCUT2D eigenvalue weighted by atomic mass is 9.72. The number of rotatable bonds is 5. The Hall–Kier alpha value is -2.06. The summed E-state index contributed by atoms with van der Waals surface area (Å²) in [5.41, 5.74) is 0.763. The molecular weight excluding hydrogens is 287 g/mol. The van der Waals surface area contributed by atoms with Crippen LogP contribution in [0, 0.1) is 0 Å². The van der Waals surface area contributed by atoms with E-state index in [0.29, 0.717) is 19.4 Å². The van der Waals surface area contributed by atoms with Gasteiger partial charge in [0, 0.05) is 27.1 Å². The van der Waals surface area contributed by atoms with Crippen molar-refractivity contribution in [1.82, 2.24) is 10.2 Å². The number of para-hydroxylation sites is 1. The van der Waals surface area contributed by atoms with E-state index in [2.05, 4.69) is 5.32 Å². The number of amides is 1. The summed E-state index contributed by atoms with van der Waals surface area (Å²) in [5, 5.41) is 22.2. The van der Waals surface area contributed by atoms with Crippen molar-refractivity contribution in [3.05, 3.63) is 29.3 Å². The molecule has 118 valence electrons. The molecule has 8 heteroatoms. The molecule has 1 heterocycles. The molecule has 1 atom stereocenters. The molecule has 0 saturated carbocycles. The van der Waals surface area contributed by atoms with E-state index < -0.39 is 13.1 Å². The molecule has 0 fully saturated rings. The molecule has 1 aliphatic rings. The minimum atomic E-state index is -1.15. The Labute approximate surface area is 129 Å². The summed E-state index contributed by atoms with van der Waals surface area (Å²) < 4.78 is 5.36. The highest BCUT2D eigenvalue weighted by molar-refractivity contribution is 6.46. The monoisotopic (exact) mass is 306 g/mol. The van der Waals surface area contributed by atoms with Crippen LogP contribution in [0.1, 0.15) is 22.3 Å². The Kier molecular flexibility index (Phi) is 5.05. The number of carbonyl (C=O) groups excluding carboxylic acids is 1. The Morgan fingerprint density at radius 2 is 2.18 bits per heavy atom. The van der Waals surface area contributed by atoms with Crippen LogP contribution in [0.2, 0.25) is 0 Å². The molecule has 0 aromatic heterocycles. The van der Waals surface area contributed by atoms with Gasteiger partial charge in [0.1, 0.15) is 5.75 Å². The van der Waals surface area contributed by atoms with Crippen LogP contribution >= 0.6 is 0 Å². The normalized spacial score (nSPS) is 16.7. The van der Waals surface area contributed by atoms with Crippen LogP contribution in [0.4, 0.5) is 0 Å². The van der Waals surface area contributed by atoms with Crippen LogP contribution in [-0.2, 0) is 11.2 Å². The molecule has 1 aliphatic heterocycles. The summed E-state index contributed by atoms with van der Waals surface area (Å²) in [5.74, 6) is -1.27. The SMILES string of the molecule is CN(C)C(=O)CCN[C@H]1Cc2cccc(C(=O)O)c2OB1O. The summed E-state index contributed by atoms with van der Waals surface area (Å²) in [6.45, 7) is 0.413. The van der Waals surface area contributed by atoms with Gasteiger partial charge in [0.05, 0.1) is 11.5 Å². The van der Waals surface area contributed by atoms with Gasteiger partial charge in [-0.1, -0.05) is 12.1 Å². The number of carboxylic acid groups (broad SMARTS) is 1. The molecule has 1 amide bonds. The smallest absolute Gasteiger partial charge is 0.534 e. The second-order valence-electron chi connectivity index (χ2n) is 5.41.